The van der Waals surface area contributed by atoms with Crippen molar-refractivity contribution in [2.45, 2.75) is 6.92 Å². The predicted octanol–water partition coefficient (Wildman–Crippen LogP) is 4.21. The Morgan fingerprint density at radius 1 is 0.848 bits per heavy atom. The van der Waals surface area contributed by atoms with Crippen molar-refractivity contribution in [1.82, 2.24) is 9.78 Å². The molecule has 1 amide bonds. The standard InChI is InChI=1S/C26H21N3O4/c1-18-16-23(29(28-18)20-12-6-3-7-13-20)27-24(30)17-33-26(32)22-15-9-8-14-21(22)25(31)19-10-4-2-5-11-19/h2-16H,17H2,1H3,(H,27,30). The summed E-state index contributed by atoms with van der Waals surface area (Å²) in [5.74, 6) is -1.11. The molecule has 7 nitrogen and oxygen atoms in total. The maximum atomic E-state index is 12.8. The number of aryl methyl sites for hydroxylation is 1. The van der Waals surface area contributed by atoms with Gasteiger partial charge < -0.3 is 10.1 Å². The van der Waals surface area contributed by atoms with Crippen LogP contribution < -0.4 is 5.32 Å². The summed E-state index contributed by atoms with van der Waals surface area (Å²) in [6.45, 7) is 1.31. The number of benzene rings is 3. The zero-order valence-corrected chi connectivity index (χ0v) is 17.9. The van der Waals surface area contributed by atoms with Gasteiger partial charge in [0.2, 0.25) is 0 Å². The molecular formula is C26H21N3O4. The third kappa shape index (κ3) is 5.04. The molecule has 4 aromatic rings. The van der Waals surface area contributed by atoms with Crippen molar-refractivity contribution < 1.29 is 19.1 Å². The monoisotopic (exact) mass is 439 g/mol. The summed E-state index contributed by atoms with van der Waals surface area (Å²) in [5, 5.41) is 7.11. The van der Waals surface area contributed by atoms with Gasteiger partial charge in [-0.15, -0.1) is 0 Å². The van der Waals surface area contributed by atoms with Gasteiger partial charge >= 0.3 is 5.97 Å². The Morgan fingerprint density at radius 2 is 1.45 bits per heavy atom. The van der Waals surface area contributed by atoms with E-state index < -0.39 is 18.5 Å². The lowest BCUT2D eigenvalue weighted by Crippen LogP contribution is -2.23. The van der Waals surface area contributed by atoms with E-state index in [9.17, 15) is 14.4 Å². The van der Waals surface area contributed by atoms with E-state index in [0.29, 0.717) is 11.4 Å². The lowest BCUT2D eigenvalue weighted by molar-refractivity contribution is -0.119. The summed E-state index contributed by atoms with van der Waals surface area (Å²) < 4.78 is 6.81. The molecule has 33 heavy (non-hydrogen) atoms. The lowest BCUT2D eigenvalue weighted by atomic mass is 9.98. The fourth-order valence-electron chi connectivity index (χ4n) is 3.35. The fraction of sp³-hybridized carbons (Fsp3) is 0.0769. The van der Waals surface area contributed by atoms with E-state index in [4.69, 9.17) is 4.74 Å². The maximum Gasteiger partial charge on any atom is 0.339 e. The molecule has 0 saturated carbocycles. The van der Waals surface area contributed by atoms with Gasteiger partial charge in [-0.1, -0.05) is 66.7 Å². The van der Waals surface area contributed by atoms with Gasteiger partial charge in [0.05, 0.1) is 16.9 Å². The van der Waals surface area contributed by atoms with Gasteiger partial charge in [0.25, 0.3) is 5.91 Å². The summed E-state index contributed by atoms with van der Waals surface area (Å²) in [4.78, 5) is 38.0. The van der Waals surface area contributed by atoms with E-state index in [-0.39, 0.29) is 16.9 Å². The summed E-state index contributed by atoms with van der Waals surface area (Å²) in [6.07, 6.45) is 0. The number of carbonyl (C=O) groups is 3. The number of ether oxygens (including phenoxy) is 1. The number of amides is 1. The van der Waals surface area contributed by atoms with Crippen LogP contribution in [0.5, 0.6) is 0 Å². The molecular weight excluding hydrogens is 418 g/mol. The zero-order chi connectivity index (χ0) is 23.2. The molecule has 7 heteroatoms. The molecule has 0 saturated heterocycles. The molecule has 0 fully saturated rings. The first-order chi connectivity index (χ1) is 16.0. The number of nitrogens with zero attached hydrogens (tertiary/aromatic N) is 2. The van der Waals surface area contributed by atoms with E-state index in [1.165, 1.54) is 6.07 Å². The van der Waals surface area contributed by atoms with Gasteiger partial charge in [-0.2, -0.15) is 5.10 Å². The van der Waals surface area contributed by atoms with Gasteiger partial charge in [0.1, 0.15) is 5.82 Å². The number of anilines is 1. The zero-order valence-electron chi connectivity index (χ0n) is 17.9. The van der Waals surface area contributed by atoms with Crippen molar-refractivity contribution >= 4 is 23.5 Å². The highest BCUT2D eigenvalue weighted by Crippen LogP contribution is 2.18. The molecule has 0 bridgehead atoms. The summed E-state index contributed by atoms with van der Waals surface area (Å²) in [5.41, 5.74) is 2.28. The Hall–Kier alpha value is -4.52. The largest absolute Gasteiger partial charge is 0.452 e. The number of esters is 1. The second-order valence-corrected chi connectivity index (χ2v) is 7.28. The highest BCUT2D eigenvalue weighted by Gasteiger charge is 2.20. The quantitative estimate of drug-likeness (QED) is 0.344. The molecule has 3 aromatic carbocycles. The van der Waals surface area contributed by atoms with Crippen LogP contribution in [-0.2, 0) is 9.53 Å². The van der Waals surface area contributed by atoms with Crippen molar-refractivity contribution in [3.63, 3.8) is 0 Å². The van der Waals surface area contributed by atoms with Gasteiger partial charge in [-0.25, -0.2) is 9.48 Å². The Bertz CT molecular complexity index is 1300. The van der Waals surface area contributed by atoms with Gasteiger partial charge in [-0.3, -0.25) is 9.59 Å². The van der Waals surface area contributed by atoms with Crippen LogP contribution in [0.1, 0.15) is 32.0 Å². The van der Waals surface area contributed by atoms with E-state index in [1.807, 2.05) is 37.3 Å². The maximum absolute atomic E-state index is 12.8. The molecule has 1 heterocycles. The van der Waals surface area contributed by atoms with Gasteiger partial charge in [0, 0.05) is 17.2 Å². The average molecular weight is 439 g/mol. The fourth-order valence-corrected chi connectivity index (χ4v) is 3.35. The summed E-state index contributed by atoms with van der Waals surface area (Å²) in [6, 6.07) is 26.1. The molecule has 4 rings (SSSR count). The first-order valence-corrected chi connectivity index (χ1v) is 10.3. The normalized spacial score (nSPS) is 10.5. The topological polar surface area (TPSA) is 90.3 Å². The van der Waals surface area contributed by atoms with Crippen LogP contribution in [0, 0.1) is 6.92 Å². The van der Waals surface area contributed by atoms with Crippen molar-refractivity contribution in [2.75, 3.05) is 11.9 Å². The number of para-hydroxylation sites is 1. The summed E-state index contributed by atoms with van der Waals surface area (Å²) in [7, 11) is 0. The molecule has 0 aliphatic carbocycles. The summed E-state index contributed by atoms with van der Waals surface area (Å²) >= 11 is 0. The smallest absolute Gasteiger partial charge is 0.339 e. The second kappa shape index (κ2) is 9.74. The molecule has 0 aliphatic heterocycles. The highest BCUT2D eigenvalue weighted by molar-refractivity contribution is 6.14. The van der Waals surface area contributed by atoms with Crippen LogP contribution in [-0.4, -0.2) is 34.0 Å². The number of hydrogen-bond donors (Lipinski definition) is 1. The number of ketones is 1. The highest BCUT2D eigenvalue weighted by atomic mass is 16.5. The SMILES string of the molecule is Cc1cc(NC(=O)COC(=O)c2ccccc2C(=O)c2ccccc2)n(-c2ccccc2)n1. The van der Waals surface area contributed by atoms with Crippen LogP contribution >= 0.6 is 0 Å². The van der Waals surface area contributed by atoms with E-state index in [2.05, 4.69) is 10.4 Å². The Balaban J connectivity index is 1.45. The first-order valence-electron chi connectivity index (χ1n) is 10.3. The third-order valence-corrected chi connectivity index (χ3v) is 4.86. The molecule has 1 N–H and O–H groups in total. The van der Waals surface area contributed by atoms with Gasteiger partial charge in [0.15, 0.2) is 12.4 Å². The van der Waals surface area contributed by atoms with Crippen molar-refractivity contribution in [3.8, 4) is 5.69 Å². The number of aromatic nitrogens is 2. The van der Waals surface area contributed by atoms with E-state index >= 15 is 0 Å². The minimum atomic E-state index is -0.752. The van der Waals surface area contributed by atoms with Crippen LogP contribution in [0.3, 0.4) is 0 Å². The third-order valence-electron chi connectivity index (χ3n) is 4.86. The Labute approximate surface area is 190 Å². The molecule has 0 aliphatic rings. The van der Waals surface area contributed by atoms with E-state index in [0.717, 1.165) is 11.4 Å². The number of carbonyl (C=O) groups excluding carboxylic acids is 3. The van der Waals surface area contributed by atoms with E-state index in [1.54, 1.807) is 59.3 Å². The van der Waals surface area contributed by atoms with Crippen LogP contribution in [0.15, 0.2) is 91.0 Å². The lowest BCUT2D eigenvalue weighted by Gasteiger charge is -2.11. The average Bonchev–Trinajstić information content (AvgIpc) is 3.22. The van der Waals surface area contributed by atoms with Crippen LogP contribution in [0.4, 0.5) is 5.82 Å². The molecule has 1 aromatic heterocycles. The first kappa shape index (κ1) is 21.7. The number of rotatable bonds is 7. The number of hydrogen-bond acceptors (Lipinski definition) is 5. The van der Waals surface area contributed by atoms with Gasteiger partial charge in [-0.05, 0) is 25.1 Å². The van der Waals surface area contributed by atoms with Crippen LogP contribution in [0.25, 0.3) is 5.69 Å². The molecule has 0 spiro atoms. The van der Waals surface area contributed by atoms with Crippen molar-refractivity contribution in [2.24, 2.45) is 0 Å². The van der Waals surface area contributed by atoms with Crippen molar-refractivity contribution in [3.05, 3.63) is 113 Å². The minimum Gasteiger partial charge on any atom is -0.452 e. The second-order valence-electron chi connectivity index (χ2n) is 7.28. The van der Waals surface area contributed by atoms with Crippen LogP contribution in [0.2, 0.25) is 0 Å². The minimum absolute atomic E-state index is 0.101. The Morgan fingerprint density at radius 3 is 2.15 bits per heavy atom. The molecule has 0 unspecified atom stereocenters. The Kier molecular flexibility index (Phi) is 6.40. The molecule has 0 radical (unpaired) electrons. The number of nitrogens with one attached hydrogen (secondary N) is 1. The van der Waals surface area contributed by atoms with Crippen molar-refractivity contribution in [1.29, 1.82) is 0 Å². The molecule has 0 atom stereocenters. The predicted molar refractivity (Wildman–Crippen MR) is 124 cm³/mol. The molecule has 164 valence electrons.